The third-order valence-corrected chi connectivity index (χ3v) is 3.41. The van der Waals surface area contributed by atoms with Crippen LogP contribution in [0.2, 0.25) is 0 Å². The van der Waals surface area contributed by atoms with Crippen LogP contribution in [0, 0.1) is 6.92 Å². The Kier molecular flexibility index (Phi) is 2.40. The molecule has 1 aliphatic heterocycles. The molecule has 1 fully saturated rings. The summed E-state index contributed by atoms with van der Waals surface area (Å²) in [5.74, 6) is 1.67. The lowest BCUT2D eigenvalue weighted by molar-refractivity contribution is 0.171. The number of hydrogen-bond acceptors (Lipinski definition) is 4. The zero-order chi connectivity index (χ0) is 11.9. The van der Waals surface area contributed by atoms with E-state index in [2.05, 4.69) is 12.2 Å². The first-order valence-corrected chi connectivity index (χ1v) is 6.09. The molecule has 0 saturated heterocycles. The molecule has 4 heteroatoms. The van der Waals surface area contributed by atoms with E-state index in [0.717, 1.165) is 36.6 Å². The van der Waals surface area contributed by atoms with E-state index in [9.17, 15) is 0 Å². The Morgan fingerprint density at radius 1 is 1.24 bits per heavy atom. The monoisotopic (exact) mass is 234 g/mol. The standard InChI is InChI=1S/C13H18N2O2/c1-9-6-11-12(17-5-4-16-11)7-10(9)15-8-13(14)2-3-13/h6-7,15H,2-5,8,14H2,1H3. The highest BCUT2D eigenvalue weighted by Gasteiger charge is 2.37. The van der Waals surface area contributed by atoms with Gasteiger partial charge >= 0.3 is 0 Å². The zero-order valence-electron chi connectivity index (χ0n) is 10.1. The molecule has 0 bridgehead atoms. The van der Waals surface area contributed by atoms with Gasteiger partial charge in [0.05, 0.1) is 0 Å². The number of ether oxygens (including phenoxy) is 2. The van der Waals surface area contributed by atoms with E-state index in [0.29, 0.717) is 13.2 Å². The smallest absolute Gasteiger partial charge is 0.163 e. The van der Waals surface area contributed by atoms with Crippen LogP contribution >= 0.6 is 0 Å². The van der Waals surface area contributed by atoms with Gasteiger partial charge < -0.3 is 20.5 Å². The van der Waals surface area contributed by atoms with Gasteiger partial charge in [-0.05, 0) is 31.4 Å². The number of fused-ring (bicyclic) bond motifs is 1. The number of anilines is 1. The number of aryl methyl sites for hydroxylation is 1. The van der Waals surface area contributed by atoms with Gasteiger partial charge in [-0.15, -0.1) is 0 Å². The minimum atomic E-state index is 0.0136. The van der Waals surface area contributed by atoms with Crippen molar-refractivity contribution in [2.75, 3.05) is 25.1 Å². The van der Waals surface area contributed by atoms with Crippen LogP contribution in [-0.4, -0.2) is 25.3 Å². The van der Waals surface area contributed by atoms with Gasteiger partial charge in [-0.1, -0.05) is 0 Å². The lowest BCUT2D eigenvalue weighted by Gasteiger charge is -2.21. The topological polar surface area (TPSA) is 56.5 Å². The van der Waals surface area contributed by atoms with E-state index in [1.54, 1.807) is 0 Å². The van der Waals surface area contributed by atoms with Crippen LogP contribution in [0.15, 0.2) is 12.1 Å². The molecule has 4 nitrogen and oxygen atoms in total. The number of nitrogens with one attached hydrogen (secondary N) is 1. The molecule has 0 amide bonds. The van der Waals surface area contributed by atoms with Crippen LogP contribution in [0.25, 0.3) is 0 Å². The Balaban J connectivity index is 1.78. The number of benzene rings is 1. The predicted octanol–water partition coefficient (Wildman–Crippen LogP) is 1.67. The summed E-state index contributed by atoms with van der Waals surface area (Å²) < 4.78 is 11.1. The fraction of sp³-hybridized carbons (Fsp3) is 0.538. The van der Waals surface area contributed by atoms with E-state index in [1.165, 1.54) is 5.56 Å². The van der Waals surface area contributed by atoms with Gasteiger partial charge in [0.1, 0.15) is 13.2 Å². The molecule has 1 aromatic carbocycles. The van der Waals surface area contributed by atoms with Gasteiger partial charge in [-0.3, -0.25) is 0 Å². The quantitative estimate of drug-likeness (QED) is 0.835. The van der Waals surface area contributed by atoms with Gasteiger partial charge in [0.15, 0.2) is 11.5 Å². The van der Waals surface area contributed by atoms with Crippen LogP contribution in [0.5, 0.6) is 11.5 Å². The first-order chi connectivity index (χ1) is 8.16. The van der Waals surface area contributed by atoms with Crippen molar-refractivity contribution in [2.24, 2.45) is 5.73 Å². The summed E-state index contributed by atoms with van der Waals surface area (Å²) in [4.78, 5) is 0. The third-order valence-electron chi connectivity index (χ3n) is 3.41. The van der Waals surface area contributed by atoms with E-state index < -0.39 is 0 Å². The molecule has 17 heavy (non-hydrogen) atoms. The van der Waals surface area contributed by atoms with Crippen molar-refractivity contribution in [3.63, 3.8) is 0 Å². The molecule has 0 unspecified atom stereocenters. The van der Waals surface area contributed by atoms with E-state index in [1.807, 2.05) is 12.1 Å². The molecule has 2 aliphatic rings. The van der Waals surface area contributed by atoms with Gasteiger partial charge in [0, 0.05) is 23.8 Å². The zero-order valence-corrected chi connectivity index (χ0v) is 10.1. The molecule has 1 aromatic rings. The van der Waals surface area contributed by atoms with Gasteiger partial charge in [-0.2, -0.15) is 0 Å². The minimum absolute atomic E-state index is 0.0136. The highest BCUT2D eigenvalue weighted by molar-refractivity contribution is 5.60. The molecule has 1 saturated carbocycles. The Morgan fingerprint density at radius 2 is 1.88 bits per heavy atom. The summed E-state index contributed by atoms with van der Waals surface area (Å²) >= 11 is 0. The molecule has 1 aliphatic carbocycles. The molecule has 0 atom stereocenters. The van der Waals surface area contributed by atoms with Gasteiger partial charge in [0.25, 0.3) is 0 Å². The summed E-state index contributed by atoms with van der Waals surface area (Å²) in [6.07, 6.45) is 2.23. The average Bonchev–Trinajstić information content (AvgIpc) is 3.05. The first kappa shape index (κ1) is 10.7. The lowest BCUT2D eigenvalue weighted by atomic mass is 10.1. The fourth-order valence-electron chi connectivity index (χ4n) is 1.99. The Labute approximate surface area is 101 Å². The molecule has 1 heterocycles. The molecule has 92 valence electrons. The van der Waals surface area contributed by atoms with E-state index in [4.69, 9.17) is 15.2 Å². The second-order valence-electron chi connectivity index (χ2n) is 5.03. The largest absolute Gasteiger partial charge is 0.486 e. The minimum Gasteiger partial charge on any atom is -0.486 e. The predicted molar refractivity (Wildman–Crippen MR) is 66.8 cm³/mol. The number of hydrogen-bond donors (Lipinski definition) is 2. The Morgan fingerprint density at radius 3 is 2.53 bits per heavy atom. The summed E-state index contributed by atoms with van der Waals surface area (Å²) in [5, 5.41) is 3.40. The second kappa shape index (κ2) is 3.81. The highest BCUT2D eigenvalue weighted by atomic mass is 16.6. The van der Waals surface area contributed by atoms with Crippen molar-refractivity contribution in [2.45, 2.75) is 25.3 Å². The van der Waals surface area contributed by atoms with E-state index in [-0.39, 0.29) is 5.54 Å². The summed E-state index contributed by atoms with van der Waals surface area (Å²) in [7, 11) is 0. The van der Waals surface area contributed by atoms with Crippen molar-refractivity contribution >= 4 is 5.69 Å². The Hall–Kier alpha value is -1.42. The first-order valence-electron chi connectivity index (χ1n) is 6.09. The Bertz CT molecular complexity index is 441. The fourth-order valence-corrected chi connectivity index (χ4v) is 1.99. The SMILES string of the molecule is Cc1cc2c(cc1NCC1(N)CC1)OCCO2. The van der Waals surface area contributed by atoms with Crippen molar-refractivity contribution in [3.05, 3.63) is 17.7 Å². The molecule has 0 spiro atoms. The van der Waals surface area contributed by atoms with Crippen molar-refractivity contribution in [3.8, 4) is 11.5 Å². The van der Waals surface area contributed by atoms with Crippen LogP contribution in [-0.2, 0) is 0 Å². The van der Waals surface area contributed by atoms with Crippen LogP contribution in [0.1, 0.15) is 18.4 Å². The highest BCUT2D eigenvalue weighted by Crippen LogP contribution is 2.37. The molecule has 3 rings (SSSR count). The molecular formula is C13H18N2O2. The normalized spacial score (nSPS) is 19.9. The maximum absolute atomic E-state index is 6.06. The molecule has 0 aromatic heterocycles. The van der Waals surface area contributed by atoms with E-state index >= 15 is 0 Å². The maximum atomic E-state index is 6.06. The molecular weight excluding hydrogens is 216 g/mol. The average molecular weight is 234 g/mol. The number of nitrogens with two attached hydrogens (primary N) is 1. The summed E-state index contributed by atoms with van der Waals surface area (Å²) in [6, 6.07) is 4.03. The summed E-state index contributed by atoms with van der Waals surface area (Å²) in [6.45, 7) is 4.14. The van der Waals surface area contributed by atoms with Crippen LogP contribution < -0.4 is 20.5 Å². The van der Waals surface area contributed by atoms with Crippen molar-refractivity contribution in [1.82, 2.24) is 0 Å². The molecule has 3 N–H and O–H groups in total. The van der Waals surface area contributed by atoms with Crippen molar-refractivity contribution < 1.29 is 9.47 Å². The van der Waals surface area contributed by atoms with Crippen molar-refractivity contribution in [1.29, 1.82) is 0 Å². The number of rotatable bonds is 3. The summed E-state index contributed by atoms with van der Waals surface area (Å²) in [5.41, 5.74) is 8.33. The van der Waals surface area contributed by atoms with Crippen LogP contribution in [0.4, 0.5) is 5.69 Å². The third kappa shape index (κ3) is 2.17. The van der Waals surface area contributed by atoms with Crippen LogP contribution in [0.3, 0.4) is 0 Å². The van der Waals surface area contributed by atoms with Gasteiger partial charge in [-0.25, -0.2) is 0 Å². The lowest BCUT2D eigenvalue weighted by Crippen LogP contribution is -2.31. The maximum Gasteiger partial charge on any atom is 0.163 e. The van der Waals surface area contributed by atoms with Gasteiger partial charge in [0.2, 0.25) is 0 Å². The second-order valence-corrected chi connectivity index (χ2v) is 5.03. The molecule has 0 radical (unpaired) electrons.